The van der Waals surface area contributed by atoms with Gasteiger partial charge in [-0.05, 0) is 57.9 Å². The molecule has 0 saturated heterocycles. The van der Waals surface area contributed by atoms with Gasteiger partial charge >= 0.3 is 0 Å². The molecule has 0 aliphatic rings. The van der Waals surface area contributed by atoms with Crippen LogP contribution in [0.25, 0.3) is 137 Å². The fraction of sp³-hybridized carbons (Fsp3) is 0. The lowest BCUT2D eigenvalue weighted by molar-refractivity contribution is 1.01. The molecule has 63 heavy (non-hydrogen) atoms. The highest BCUT2D eigenvalue weighted by atomic mass is 15.2. The molecule has 10 aromatic carbocycles. The third-order valence-electron chi connectivity index (χ3n) is 13.7. The number of hydrogen-bond acceptors (Lipinski definition) is 2. The second kappa shape index (κ2) is 12.1. The van der Waals surface area contributed by atoms with Gasteiger partial charge in [0.15, 0.2) is 0 Å². The summed E-state index contributed by atoms with van der Waals surface area (Å²) in [7, 11) is 0. The van der Waals surface area contributed by atoms with Crippen LogP contribution in [0, 0.1) is 0 Å². The van der Waals surface area contributed by atoms with Crippen molar-refractivity contribution in [1.29, 1.82) is 0 Å². The molecule has 0 unspecified atom stereocenters. The van der Waals surface area contributed by atoms with Crippen LogP contribution in [-0.2, 0) is 0 Å². The van der Waals surface area contributed by atoms with E-state index in [4.69, 9.17) is 9.97 Å². The zero-order chi connectivity index (χ0) is 40.9. The molecule has 0 amide bonds. The van der Waals surface area contributed by atoms with E-state index >= 15 is 0 Å². The first-order valence-corrected chi connectivity index (χ1v) is 21.6. The Kier molecular flexibility index (Phi) is 6.36. The van der Waals surface area contributed by atoms with E-state index in [0.29, 0.717) is 5.95 Å². The van der Waals surface area contributed by atoms with Gasteiger partial charge in [-0.3, -0.25) is 4.57 Å². The molecule has 0 fully saturated rings. The highest BCUT2D eigenvalue weighted by Gasteiger charge is 2.29. The smallest absolute Gasteiger partial charge is 0.235 e. The van der Waals surface area contributed by atoms with Crippen LogP contribution in [0.3, 0.4) is 0 Å². The summed E-state index contributed by atoms with van der Waals surface area (Å²) in [5.74, 6) is 0.638. The monoisotopic (exact) mass is 799 g/mol. The predicted molar refractivity (Wildman–Crippen MR) is 263 cm³/mol. The van der Waals surface area contributed by atoms with Gasteiger partial charge in [0.1, 0.15) is 0 Å². The van der Waals surface area contributed by atoms with Gasteiger partial charge in [-0.1, -0.05) is 164 Å². The molecule has 15 aromatic rings. The van der Waals surface area contributed by atoms with Crippen LogP contribution < -0.4 is 0 Å². The largest absolute Gasteiger partial charge is 0.307 e. The van der Waals surface area contributed by atoms with Crippen LogP contribution in [-0.4, -0.2) is 23.5 Å². The number of nitrogens with zero attached hydrogens (tertiary/aromatic N) is 5. The fourth-order valence-electron chi connectivity index (χ4n) is 11.2. The van der Waals surface area contributed by atoms with E-state index in [1.54, 1.807) is 0 Å². The Labute approximate surface area is 359 Å². The van der Waals surface area contributed by atoms with Crippen molar-refractivity contribution in [3.05, 3.63) is 200 Å². The Balaban J connectivity index is 1.26. The van der Waals surface area contributed by atoms with Crippen molar-refractivity contribution in [3.63, 3.8) is 0 Å². The number of para-hydroxylation sites is 3. The summed E-state index contributed by atoms with van der Waals surface area (Å²) < 4.78 is 7.43. The molecule has 0 spiro atoms. The van der Waals surface area contributed by atoms with Crippen LogP contribution in [0.2, 0.25) is 0 Å². The molecule has 5 nitrogen and oxygen atoms in total. The third-order valence-corrected chi connectivity index (χ3v) is 13.7. The van der Waals surface area contributed by atoms with Crippen molar-refractivity contribution in [1.82, 2.24) is 23.5 Å². The van der Waals surface area contributed by atoms with Gasteiger partial charge in [0.05, 0.1) is 49.8 Å². The van der Waals surface area contributed by atoms with E-state index in [9.17, 15) is 0 Å². The number of rotatable bonds is 3. The van der Waals surface area contributed by atoms with E-state index in [-0.39, 0.29) is 0 Å². The van der Waals surface area contributed by atoms with E-state index in [0.717, 1.165) is 66.2 Å². The standard InChI is InChI=1S/C58H33N5/c1-3-17-36(18-4-1)53-50-38-21-9-7-15-34(38)30-32-46(50)59-58(60-53)63-48-28-14-24-41-42-25-13-26-43-44-31-29-35-16-8-10-22-39(35)54(44)62(55(42)43)49-33-45-40-23-11-12-27-47(40)61(37-19-5-2-6-20-37)56(45)57(63)52(49)51(41)48/h1-33H. The Bertz CT molecular complexity index is 4420. The number of aromatic nitrogens is 5. The van der Waals surface area contributed by atoms with Gasteiger partial charge in [-0.2, -0.15) is 0 Å². The molecule has 0 radical (unpaired) electrons. The molecule has 0 atom stereocenters. The topological polar surface area (TPSA) is 40.0 Å². The predicted octanol–water partition coefficient (Wildman–Crippen LogP) is 14.9. The Morgan fingerprint density at radius 1 is 0.317 bits per heavy atom. The number of benzene rings is 10. The maximum Gasteiger partial charge on any atom is 0.235 e. The highest BCUT2D eigenvalue weighted by molar-refractivity contribution is 6.37. The SMILES string of the molecule is c1ccc(-c2nc(-n3c4cccc5c6cccc7c8ccc9ccccc9c8n(c8cc9c%10ccccc%10n(-c%10ccccc%10)c9c3c8c54)c67)nc3ccc4ccccc4c23)cc1. The fourth-order valence-corrected chi connectivity index (χ4v) is 11.2. The summed E-state index contributed by atoms with van der Waals surface area (Å²) in [5, 5.41) is 15.5. The second-order valence-electron chi connectivity index (χ2n) is 16.9. The highest BCUT2D eigenvalue weighted by Crippen LogP contribution is 2.49. The maximum absolute atomic E-state index is 5.73. The minimum atomic E-state index is 0.638. The van der Waals surface area contributed by atoms with Crippen molar-refractivity contribution in [3.8, 4) is 22.9 Å². The molecular formula is C58H33N5. The molecule has 0 aliphatic heterocycles. The summed E-state index contributed by atoms with van der Waals surface area (Å²) in [6.45, 7) is 0. The summed E-state index contributed by atoms with van der Waals surface area (Å²) in [6.07, 6.45) is 0. The molecule has 0 bridgehead atoms. The summed E-state index contributed by atoms with van der Waals surface area (Å²) in [5.41, 5.74) is 12.0. The average molecular weight is 800 g/mol. The Hall–Kier alpha value is -8.54. The average Bonchev–Trinajstić information content (AvgIpc) is 3.97. The van der Waals surface area contributed by atoms with E-state index < -0.39 is 0 Å². The minimum Gasteiger partial charge on any atom is -0.307 e. The van der Waals surface area contributed by atoms with E-state index in [1.165, 1.54) is 64.9 Å². The lowest BCUT2D eigenvalue weighted by atomic mass is 10.0. The normalized spacial score (nSPS) is 12.4. The maximum atomic E-state index is 5.73. The van der Waals surface area contributed by atoms with Gasteiger partial charge in [0, 0.05) is 59.7 Å². The second-order valence-corrected chi connectivity index (χ2v) is 16.9. The molecular weight excluding hydrogens is 767 g/mol. The lowest BCUT2D eigenvalue weighted by Gasteiger charge is -2.15. The van der Waals surface area contributed by atoms with E-state index in [2.05, 4.69) is 214 Å². The van der Waals surface area contributed by atoms with E-state index in [1.807, 2.05) is 0 Å². The third kappa shape index (κ3) is 4.25. The lowest BCUT2D eigenvalue weighted by Crippen LogP contribution is -2.05. The van der Waals surface area contributed by atoms with Gasteiger partial charge in [-0.25, -0.2) is 9.97 Å². The first kappa shape index (κ1) is 33.2. The Morgan fingerprint density at radius 3 is 1.76 bits per heavy atom. The molecule has 5 heterocycles. The molecule has 290 valence electrons. The van der Waals surface area contributed by atoms with Gasteiger partial charge in [0.2, 0.25) is 5.95 Å². The van der Waals surface area contributed by atoms with Crippen molar-refractivity contribution < 1.29 is 0 Å². The zero-order valence-corrected chi connectivity index (χ0v) is 33.8. The molecule has 15 rings (SSSR count). The molecule has 0 aliphatic carbocycles. The zero-order valence-electron chi connectivity index (χ0n) is 33.8. The van der Waals surface area contributed by atoms with Gasteiger partial charge in [-0.15, -0.1) is 0 Å². The van der Waals surface area contributed by atoms with Crippen LogP contribution in [0.1, 0.15) is 0 Å². The number of hydrogen-bond donors (Lipinski definition) is 0. The molecule has 5 aromatic heterocycles. The molecule has 0 N–H and O–H groups in total. The quantitative estimate of drug-likeness (QED) is 0.167. The van der Waals surface area contributed by atoms with Gasteiger partial charge in [0.25, 0.3) is 0 Å². The first-order valence-electron chi connectivity index (χ1n) is 21.6. The summed E-state index contributed by atoms with van der Waals surface area (Å²) in [6, 6.07) is 72.8. The van der Waals surface area contributed by atoms with Crippen molar-refractivity contribution in [2.24, 2.45) is 0 Å². The van der Waals surface area contributed by atoms with Crippen molar-refractivity contribution in [2.75, 3.05) is 0 Å². The molecule has 5 heteroatoms. The van der Waals surface area contributed by atoms with Crippen LogP contribution >= 0.6 is 0 Å². The minimum absolute atomic E-state index is 0.638. The summed E-state index contributed by atoms with van der Waals surface area (Å²) in [4.78, 5) is 11.4. The van der Waals surface area contributed by atoms with Crippen LogP contribution in [0.15, 0.2) is 200 Å². The summed E-state index contributed by atoms with van der Waals surface area (Å²) >= 11 is 0. The number of fused-ring (bicyclic) bond motifs is 14. The van der Waals surface area contributed by atoms with Crippen LogP contribution in [0.4, 0.5) is 0 Å². The first-order chi connectivity index (χ1) is 31.3. The van der Waals surface area contributed by atoms with Crippen molar-refractivity contribution >= 4 is 114 Å². The Morgan fingerprint density at radius 2 is 0.921 bits per heavy atom. The molecule has 0 saturated carbocycles. The van der Waals surface area contributed by atoms with Crippen LogP contribution in [0.5, 0.6) is 0 Å². The van der Waals surface area contributed by atoms with Crippen molar-refractivity contribution in [2.45, 2.75) is 0 Å². The van der Waals surface area contributed by atoms with Gasteiger partial charge < -0.3 is 8.97 Å².